The van der Waals surface area contributed by atoms with Gasteiger partial charge >= 0.3 is 5.97 Å². The number of methoxy groups -OCH3 is 1. The zero-order chi connectivity index (χ0) is 10.9. The number of carbonyl (C=O) groups excluding carboxylic acids is 2. The molecule has 82 valence electrons. The van der Waals surface area contributed by atoms with E-state index in [-0.39, 0.29) is 11.8 Å². The van der Waals surface area contributed by atoms with Crippen molar-refractivity contribution in [2.75, 3.05) is 20.2 Å². The van der Waals surface area contributed by atoms with Crippen molar-refractivity contribution in [2.45, 2.75) is 19.3 Å². The molecule has 1 heterocycles. The molecular weight excluding hydrogens is 194 g/mol. The third kappa shape index (κ3) is 1.59. The van der Waals surface area contributed by atoms with Crippen molar-refractivity contribution in [2.24, 2.45) is 5.41 Å². The number of allylic oxidation sites excluding steroid dienone is 1. The van der Waals surface area contributed by atoms with E-state index in [4.69, 9.17) is 4.74 Å². The molecule has 4 nitrogen and oxygen atoms in total. The summed E-state index contributed by atoms with van der Waals surface area (Å²) in [6.45, 7) is 1.43. The van der Waals surface area contributed by atoms with Gasteiger partial charge in [-0.1, -0.05) is 0 Å². The van der Waals surface area contributed by atoms with Crippen LogP contribution in [0.4, 0.5) is 0 Å². The Labute approximate surface area is 88.7 Å². The lowest BCUT2D eigenvalue weighted by atomic mass is 9.69. The number of ether oxygens (including phenoxy) is 1. The first-order valence-electron chi connectivity index (χ1n) is 5.22. The summed E-state index contributed by atoms with van der Waals surface area (Å²) in [7, 11) is 1.40. The minimum absolute atomic E-state index is 0.131. The van der Waals surface area contributed by atoms with E-state index in [2.05, 4.69) is 5.32 Å². The second-order valence-electron chi connectivity index (χ2n) is 4.14. The lowest BCUT2D eigenvalue weighted by Gasteiger charge is -2.39. The summed E-state index contributed by atoms with van der Waals surface area (Å²) in [5.74, 6) is -0.0834. The Morgan fingerprint density at radius 1 is 1.53 bits per heavy atom. The van der Waals surface area contributed by atoms with E-state index >= 15 is 0 Å². The third-order valence-electron chi connectivity index (χ3n) is 3.32. The van der Waals surface area contributed by atoms with E-state index < -0.39 is 5.41 Å². The molecule has 0 spiro atoms. The fourth-order valence-electron chi connectivity index (χ4n) is 2.44. The number of nitrogens with one attached hydrogen (secondary N) is 1. The third-order valence-corrected chi connectivity index (χ3v) is 3.32. The molecule has 2 aliphatic rings. The van der Waals surface area contributed by atoms with Crippen molar-refractivity contribution in [3.63, 3.8) is 0 Å². The molecule has 0 bridgehead atoms. The van der Waals surface area contributed by atoms with Crippen LogP contribution in [-0.4, -0.2) is 32.0 Å². The minimum Gasteiger partial charge on any atom is -0.468 e. The van der Waals surface area contributed by atoms with Crippen molar-refractivity contribution in [1.82, 2.24) is 5.32 Å². The zero-order valence-corrected chi connectivity index (χ0v) is 8.84. The Bertz CT molecular complexity index is 335. The lowest BCUT2D eigenvalue weighted by Crippen LogP contribution is -2.49. The minimum atomic E-state index is -0.569. The fraction of sp³-hybridized carbons (Fsp3) is 0.636. The Morgan fingerprint density at radius 2 is 2.33 bits per heavy atom. The Balaban J connectivity index is 2.37. The van der Waals surface area contributed by atoms with Crippen LogP contribution >= 0.6 is 0 Å². The normalized spacial score (nSPS) is 30.5. The van der Waals surface area contributed by atoms with Gasteiger partial charge in [-0.25, -0.2) is 0 Å². The summed E-state index contributed by atoms with van der Waals surface area (Å²) >= 11 is 0. The van der Waals surface area contributed by atoms with E-state index in [1.807, 2.05) is 0 Å². The van der Waals surface area contributed by atoms with Crippen molar-refractivity contribution in [3.8, 4) is 0 Å². The molecule has 1 saturated heterocycles. The van der Waals surface area contributed by atoms with Crippen LogP contribution in [0.5, 0.6) is 0 Å². The predicted octanol–water partition coefficient (Wildman–Crippen LogP) is 0.428. The Hall–Kier alpha value is -1.16. The van der Waals surface area contributed by atoms with Crippen LogP contribution in [0.3, 0.4) is 0 Å². The smallest absolute Gasteiger partial charge is 0.317 e. The highest BCUT2D eigenvalue weighted by atomic mass is 16.5. The summed E-state index contributed by atoms with van der Waals surface area (Å²) in [5, 5.41) is 3.20. The largest absolute Gasteiger partial charge is 0.468 e. The first kappa shape index (κ1) is 10.4. The molecule has 2 rings (SSSR count). The van der Waals surface area contributed by atoms with Crippen LogP contribution in [0, 0.1) is 5.41 Å². The quantitative estimate of drug-likeness (QED) is 0.636. The van der Waals surface area contributed by atoms with Crippen molar-refractivity contribution < 1.29 is 14.3 Å². The number of hydrogen-bond acceptors (Lipinski definition) is 4. The molecule has 15 heavy (non-hydrogen) atoms. The number of hydrogen-bond donors (Lipinski definition) is 1. The number of esters is 1. The van der Waals surface area contributed by atoms with Crippen molar-refractivity contribution >= 4 is 11.8 Å². The van der Waals surface area contributed by atoms with Crippen LogP contribution < -0.4 is 5.32 Å². The van der Waals surface area contributed by atoms with Gasteiger partial charge in [0.1, 0.15) is 5.41 Å². The van der Waals surface area contributed by atoms with E-state index in [1.54, 1.807) is 6.08 Å². The van der Waals surface area contributed by atoms with Crippen LogP contribution in [-0.2, 0) is 14.3 Å². The standard InChI is InChI=1S/C11H15NO3/c1-15-10(14)11-4-2-9(13)6-8(11)3-5-12-7-11/h6,12H,2-5,7H2,1H3/t11-/m0/s1. The topological polar surface area (TPSA) is 55.4 Å². The molecule has 1 N–H and O–H groups in total. The maximum Gasteiger partial charge on any atom is 0.317 e. The van der Waals surface area contributed by atoms with Gasteiger partial charge in [0.2, 0.25) is 0 Å². The van der Waals surface area contributed by atoms with Crippen LogP contribution in [0.1, 0.15) is 19.3 Å². The zero-order valence-electron chi connectivity index (χ0n) is 8.84. The van der Waals surface area contributed by atoms with Crippen molar-refractivity contribution in [3.05, 3.63) is 11.6 Å². The van der Waals surface area contributed by atoms with Gasteiger partial charge in [0.25, 0.3) is 0 Å². The first-order valence-corrected chi connectivity index (χ1v) is 5.22. The summed E-state index contributed by atoms with van der Waals surface area (Å²) in [4.78, 5) is 23.1. The molecule has 0 saturated carbocycles. The maximum absolute atomic E-state index is 11.8. The summed E-state index contributed by atoms with van der Waals surface area (Å²) < 4.78 is 4.85. The van der Waals surface area contributed by atoms with Crippen molar-refractivity contribution in [1.29, 1.82) is 0 Å². The second kappa shape index (κ2) is 3.77. The van der Waals surface area contributed by atoms with Crippen LogP contribution in [0.2, 0.25) is 0 Å². The molecule has 0 unspecified atom stereocenters. The molecule has 0 aromatic rings. The van der Waals surface area contributed by atoms with Crippen LogP contribution in [0.15, 0.2) is 11.6 Å². The number of fused-ring (bicyclic) bond motifs is 1. The van der Waals surface area contributed by atoms with Gasteiger partial charge in [-0.3, -0.25) is 9.59 Å². The molecular formula is C11H15NO3. The molecule has 1 fully saturated rings. The molecule has 1 aliphatic carbocycles. The monoisotopic (exact) mass is 209 g/mol. The SMILES string of the molecule is COC(=O)[C@]12CCC(=O)C=C1CCNC2. The predicted molar refractivity (Wildman–Crippen MR) is 54.3 cm³/mol. The molecule has 1 atom stereocenters. The number of ketones is 1. The molecule has 1 aliphatic heterocycles. The van der Waals surface area contributed by atoms with E-state index in [0.717, 1.165) is 18.5 Å². The Kier molecular flexibility index (Phi) is 2.61. The molecule has 0 aromatic heterocycles. The molecule has 0 aromatic carbocycles. The highest BCUT2D eigenvalue weighted by Gasteiger charge is 2.46. The number of carbonyl (C=O) groups is 2. The highest BCUT2D eigenvalue weighted by molar-refractivity contribution is 5.95. The molecule has 0 radical (unpaired) electrons. The van der Waals surface area contributed by atoms with Crippen LogP contribution in [0.25, 0.3) is 0 Å². The first-order chi connectivity index (χ1) is 7.19. The average Bonchev–Trinajstić information content (AvgIpc) is 2.28. The lowest BCUT2D eigenvalue weighted by molar-refractivity contribution is -0.151. The summed E-state index contributed by atoms with van der Waals surface area (Å²) in [6, 6.07) is 0. The second-order valence-corrected chi connectivity index (χ2v) is 4.14. The Morgan fingerprint density at radius 3 is 3.07 bits per heavy atom. The van der Waals surface area contributed by atoms with E-state index in [9.17, 15) is 9.59 Å². The van der Waals surface area contributed by atoms with Gasteiger partial charge in [-0.2, -0.15) is 0 Å². The molecule has 4 heteroatoms. The van der Waals surface area contributed by atoms with Gasteiger partial charge in [0, 0.05) is 13.0 Å². The van der Waals surface area contributed by atoms with Gasteiger partial charge in [-0.15, -0.1) is 0 Å². The molecule has 0 amide bonds. The number of rotatable bonds is 1. The fourth-order valence-corrected chi connectivity index (χ4v) is 2.44. The van der Waals surface area contributed by atoms with Gasteiger partial charge < -0.3 is 10.1 Å². The average molecular weight is 209 g/mol. The highest BCUT2D eigenvalue weighted by Crippen LogP contribution is 2.40. The number of piperidine rings is 1. The van der Waals surface area contributed by atoms with E-state index in [0.29, 0.717) is 19.4 Å². The summed E-state index contributed by atoms with van der Waals surface area (Å²) in [6.07, 6.45) is 3.43. The van der Waals surface area contributed by atoms with Gasteiger partial charge in [-0.05, 0) is 31.0 Å². The van der Waals surface area contributed by atoms with Gasteiger partial charge in [0.05, 0.1) is 7.11 Å². The summed E-state index contributed by atoms with van der Waals surface area (Å²) in [5.41, 5.74) is 0.380. The van der Waals surface area contributed by atoms with Gasteiger partial charge in [0.15, 0.2) is 5.78 Å². The van der Waals surface area contributed by atoms with E-state index in [1.165, 1.54) is 7.11 Å². The maximum atomic E-state index is 11.8.